The highest BCUT2D eigenvalue weighted by molar-refractivity contribution is 5.82. The number of benzene rings is 2. The third-order valence-corrected chi connectivity index (χ3v) is 4.91. The monoisotopic (exact) mass is 360 g/mol. The first kappa shape index (κ1) is 17.3. The van der Waals surface area contributed by atoms with Crippen molar-refractivity contribution in [1.29, 1.82) is 0 Å². The molecule has 5 heteroatoms. The number of aryl methyl sites for hydroxylation is 2. The van der Waals surface area contributed by atoms with Crippen molar-refractivity contribution in [1.82, 2.24) is 19.1 Å². The van der Waals surface area contributed by atoms with Crippen molar-refractivity contribution >= 4 is 11.0 Å². The Hall–Kier alpha value is -3.08. The highest BCUT2D eigenvalue weighted by Crippen LogP contribution is 2.27. The summed E-state index contributed by atoms with van der Waals surface area (Å²) < 4.78 is 3.55. The normalized spacial score (nSPS) is 12.0. The lowest BCUT2D eigenvalue weighted by Crippen LogP contribution is -2.34. The van der Waals surface area contributed by atoms with Crippen LogP contribution in [0.4, 0.5) is 0 Å². The van der Waals surface area contributed by atoms with Gasteiger partial charge in [0.15, 0.2) is 0 Å². The second-order valence-electron chi connectivity index (χ2n) is 8.07. The Morgan fingerprint density at radius 2 is 1.78 bits per heavy atom. The van der Waals surface area contributed by atoms with Crippen LogP contribution < -0.4 is 5.69 Å². The number of nitrogens with zero attached hydrogens (tertiary/aromatic N) is 3. The predicted molar refractivity (Wildman–Crippen MR) is 110 cm³/mol. The molecule has 0 saturated heterocycles. The summed E-state index contributed by atoms with van der Waals surface area (Å²) in [6.07, 6.45) is 1.84. The predicted octanol–water partition coefficient (Wildman–Crippen LogP) is 4.46. The average Bonchev–Trinajstić information content (AvgIpc) is 3.19. The molecule has 2 aromatic heterocycles. The van der Waals surface area contributed by atoms with E-state index >= 15 is 0 Å². The molecule has 2 aromatic carbocycles. The fourth-order valence-corrected chi connectivity index (χ4v) is 3.56. The summed E-state index contributed by atoms with van der Waals surface area (Å²) in [7, 11) is 1.82. The summed E-state index contributed by atoms with van der Waals surface area (Å²) in [6.45, 7) is 8.21. The Kier molecular flexibility index (Phi) is 3.84. The smallest absolute Gasteiger partial charge is 0.329 e. The van der Waals surface area contributed by atoms with Crippen molar-refractivity contribution in [3.8, 4) is 22.6 Å². The van der Waals surface area contributed by atoms with Crippen LogP contribution in [0.2, 0.25) is 0 Å². The number of nitrogens with one attached hydrogen (secondary N) is 1. The molecule has 0 aliphatic carbocycles. The standard InChI is InChI=1S/C22H24N4O/c1-14-7-6-8-16(11-14)20-23-13-17(24-20)15-9-10-18-19(12-15)25(5)21(27)26(18)22(2,3)4/h6-13H,1-5H3,(H,23,24). The lowest BCUT2D eigenvalue weighted by molar-refractivity contribution is 0.392. The molecule has 2 heterocycles. The summed E-state index contributed by atoms with van der Waals surface area (Å²) in [6, 6.07) is 14.4. The molecule has 0 bridgehead atoms. The summed E-state index contributed by atoms with van der Waals surface area (Å²) >= 11 is 0. The lowest BCUT2D eigenvalue weighted by Gasteiger charge is -2.20. The Labute approximate surface area is 158 Å². The van der Waals surface area contributed by atoms with E-state index in [0.29, 0.717) is 0 Å². The van der Waals surface area contributed by atoms with Gasteiger partial charge in [-0.05, 0) is 45.9 Å². The van der Waals surface area contributed by atoms with E-state index in [0.717, 1.165) is 33.7 Å². The Morgan fingerprint density at radius 3 is 2.48 bits per heavy atom. The topological polar surface area (TPSA) is 55.6 Å². The molecule has 0 aliphatic rings. The number of fused-ring (bicyclic) bond motifs is 1. The van der Waals surface area contributed by atoms with Crippen LogP contribution in [0, 0.1) is 6.92 Å². The number of H-pyrrole nitrogens is 1. The van der Waals surface area contributed by atoms with Gasteiger partial charge in [0.2, 0.25) is 0 Å². The lowest BCUT2D eigenvalue weighted by atomic mass is 10.1. The summed E-state index contributed by atoms with van der Waals surface area (Å²) in [5, 5.41) is 0. The largest absolute Gasteiger partial charge is 0.338 e. The van der Waals surface area contributed by atoms with Gasteiger partial charge in [-0.3, -0.25) is 9.13 Å². The van der Waals surface area contributed by atoms with E-state index in [-0.39, 0.29) is 11.2 Å². The van der Waals surface area contributed by atoms with Crippen molar-refractivity contribution < 1.29 is 0 Å². The maximum absolute atomic E-state index is 12.7. The minimum absolute atomic E-state index is 0.000268. The minimum Gasteiger partial charge on any atom is -0.338 e. The van der Waals surface area contributed by atoms with Crippen molar-refractivity contribution in [2.75, 3.05) is 0 Å². The van der Waals surface area contributed by atoms with Crippen molar-refractivity contribution in [3.05, 3.63) is 64.7 Å². The van der Waals surface area contributed by atoms with Crippen LogP contribution >= 0.6 is 0 Å². The first-order chi connectivity index (χ1) is 12.8. The van der Waals surface area contributed by atoms with Crippen molar-refractivity contribution in [2.45, 2.75) is 33.2 Å². The van der Waals surface area contributed by atoms with Gasteiger partial charge in [-0.15, -0.1) is 0 Å². The van der Waals surface area contributed by atoms with Crippen LogP contribution in [0.3, 0.4) is 0 Å². The van der Waals surface area contributed by atoms with Gasteiger partial charge in [0, 0.05) is 23.7 Å². The number of hydrogen-bond donors (Lipinski definition) is 1. The maximum Gasteiger partial charge on any atom is 0.329 e. The van der Waals surface area contributed by atoms with Gasteiger partial charge in [0.1, 0.15) is 5.82 Å². The second kappa shape index (κ2) is 5.98. The zero-order valence-corrected chi connectivity index (χ0v) is 16.4. The zero-order chi connectivity index (χ0) is 19.3. The molecule has 0 fully saturated rings. The van der Waals surface area contributed by atoms with Gasteiger partial charge in [-0.2, -0.15) is 0 Å². The number of aromatic amines is 1. The Bertz CT molecular complexity index is 1200. The summed E-state index contributed by atoms with van der Waals surface area (Å²) in [5.74, 6) is 0.843. The van der Waals surface area contributed by atoms with Crippen molar-refractivity contribution in [3.63, 3.8) is 0 Å². The third-order valence-electron chi connectivity index (χ3n) is 4.91. The SMILES string of the molecule is Cc1cccc(-c2ncc(-c3ccc4c(c3)n(C)c(=O)n4C(C)(C)C)[nH]2)c1. The molecule has 0 saturated carbocycles. The van der Waals surface area contributed by atoms with Crippen LogP contribution in [0.1, 0.15) is 26.3 Å². The van der Waals surface area contributed by atoms with E-state index in [1.807, 2.05) is 68.9 Å². The van der Waals surface area contributed by atoms with E-state index < -0.39 is 0 Å². The molecule has 27 heavy (non-hydrogen) atoms. The molecule has 4 aromatic rings. The highest BCUT2D eigenvalue weighted by Gasteiger charge is 2.21. The summed E-state index contributed by atoms with van der Waals surface area (Å²) in [5.41, 5.74) is 5.79. The first-order valence-electron chi connectivity index (χ1n) is 9.10. The van der Waals surface area contributed by atoms with Crippen LogP contribution in [0.25, 0.3) is 33.7 Å². The molecular weight excluding hydrogens is 336 g/mol. The first-order valence-corrected chi connectivity index (χ1v) is 9.10. The van der Waals surface area contributed by atoms with Gasteiger partial charge in [0.25, 0.3) is 0 Å². The van der Waals surface area contributed by atoms with Crippen molar-refractivity contribution in [2.24, 2.45) is 7.05 Å². The van der Waals surface area contributed by atoms with E-state index in [1.165, 1.54) is 5.56 Å². The molecule has 5 nitrogen and oxygen atoms in total. The molecule has 138 valence electrons. The fraction of sp³-hybridized carbons (Fsp3) is 0.273. The molecule has 1 N–H and O–H groups in total. The van der Waals surface area contributed by atoms with E-state index in [1.54, 1.807) is 4.57 Å². The fourth-order valence-electron chi connectivity index (χ4n) is 3.56. The van der Waals surface area contributed by atoms with E-state index in [2.05, 4.69) is 29.0 Å². The maximum atomic E-state index is 12.7. The number of aromatic nitrogens is 4. The molecule has 0 spiro atoms. The molecule has 0 unspecified atom stereocenters. The van der Waals surface area contributed by atoms with Gasteiger partial charge in [0.05, 0.1) is 22.9 Å². The molecular formula is C22H24N4O. The molecule has 0 atom stereocenters. The third kappa shape index (κ3) is 2.89. The Balaban J connectivity index is 1.82. The minimum atomic E-state index is -0.273. The molecule has 0 aliphatic heterocycles. The quantitative estimate of drug-likeness (QED) is 0.574. The van der Waals surface area contributed by atoms with E-state index in [4.69, 9.17) is 0 Å². The van der Waals surface area contributed by atoms with Crippen LogP contribution in [0.5, 0.6) is 0 Å². The van der Waals surface area contributed by atoms with Gasteiger partial charge >= 0.3 is 5.69 Å². The van der Waals surface area contributed by atoms with Gasteiger partial charge in [-0.1, -0.05) is 29.8 Å². The molecule has 0 radical (unpaired) electrons. The molecule has 0 amide bonds. The average molecular weight is 360 g/mol. The Morgan fingerprint density at radius 1 is 1.00 bits per heavy atom. The van der Waals surface area contributed by atoms with Crippen LogP contribution in [0.15, 0.2) is 53.5 Å². The second-order valence-corrected chi connectivity index (χ2v) is 8.07. The van der Waals surface area contributed by atoms with Crippen LogP contribution in [-0.2, 0) is 12.6 Å². The number of imidazole rings is 2. The highest BCUT2D eigenvalue weighted by atomic mass is 16.1. The van der Waals surface area contributed by atoms with Gasteiger partial charge in [-0.25, -0.2) is 9.78 Å². The molecule has 4 rings (SSSR count). The van der Waals surface area contributed by atoms with Gasteiger partial charge < -0.3 is 4.98 Å². The number of hydrogen-bond acceptors (Lipinski definition) is 2. The van der Waals surface area contributed by atoms with Crippen LogP contribution in [-0.4, -0.2) is 19.1 Å². The number of rotatable bonds is 2. The summed E-state index contributed by atoms with van der Waals surface area (Å²) in [4.78, 5) is 20.7. The van der Waals surface area contributed by atoms with E-state index in [9.17, 15) is 4.79 Å². The zero-order valence-electron chi connectivity index (χ0n) is 16.4.